The van der Waals surface area contributed by atoms with Crippen LogP contribution in [-0.2, 0) is 4.74 Å². The van der Waals surface area contributed by atoms with E-state index in [4.69, 9.17) is 4.74 Å². The average Bonchev–Trinajstić information content (AvgIpc) is 2.37. The third-order valence-corrected chi connectivity index (χ3v) is 3.18. The molecule has 1 aliphatic heterocycles. The molecular formula is C16H17FN2O5. The van der Waals surface area contributed by atoms with Gasteiger partial charge in [0.2, 0.25) is 0 Å². The molecule has 2 N–H and O–H groups in total. The minimum atomic E-state index is -1.34. The van der Waals surface area contributed by atoms with Crippen LogP contribution in [-0.4, -0.2) is 27.4 Å². The van der Waals surface area contributed by atoms with Crippen LogP contribution in [0.4, 0.5) is 9.18 Å². The minimum Gasteiger partial charge on any atom is -0.478 e. The molecule has 1 aliphatic carbocycles. The van der Waals surface area contributed by atoms with E-state index in [1.807, 2.05) is 0 Å². The smallest absolute Gasteiger partial charge is 0.426 e. The summed E-state index contributed by atoms with van der Waals surface area (Å²) in [4.78, 5) is 34.9. The number of carbonyl (C=O) groups excluding carboxylic acids is 1. The van der Waals surface area contributed by atoms with Crippen LogP contribution >= 0.6 is 0 Å². The fourth-order valence-electron chi connectivity index (χ4n) is 2.26. The molecule has 0 aromatic heterocycles. The fraction of sp³-hybridized carbons (Fsp3) is 0.312. The number of carboxylic acids is 1. The van der Waals surface area contributed by atoms with Gasteiger partial charge >= 0.3 is 12.1 Å². The molecule has 0 fully saturated rings. The second kappa shape index (κ2) is 5.95. The Hall–Kier alpha value is -2.90. The Labute approximate surface area is 137 Å². The van der Waals surface area contributed by atoms with Crippen LogP contribution < -0.4 is 10.9 Å². The Bertz CT molecular complexity index is 851. The summed E-state index contributed by atoms with van der Waals surface area (Å²) in [6.45, 7) is 6.43. The maximum atomic E-state index is 14.1. The first-order chi connectivity index (χ1) is 11.0. The topological polar surface area (TPSA) is 97.6 Å². The van der Waals surface area contributed by atoms with Gasteiger partial charge in [-0.2, -0.15) is 0 Å². The summed E-state index contributed by atoms with van der Waals surface area (Å²) in [5.74, 6) is -2.22. The summed E-state index contributed by atoms with van der Waals surface area (Å²) in [6, 6.07) is 1.80. The first kappa shape index (κ1) is 17.5. The van der Waals surface area contributed by atoms with Crippen LogP contribution in [0.5, 0.6) is 0 Å². The third-order valence-electron chi connectivity index (χ3n) is 3.18. The van der Waals surface area contributed by atoms with Crippen LogP contribution in [0, 0.1) is 12.7 Å². The van der Waals surface area contributed by atoms with E-state index in [-0.39, 0.29) is 22.4 Å². The van der Waals surface area contributed by atoms with Crippen molar-refractivity contribution in [2.45, 2.75) is 33.3 Å². The van der Waals surface area contributed by atoms with Gasteiger partial charge in [-0.25, -0.2) is 19.4 Å². The van der Waals surface area contributed by atoms with Crippen molar-refractivity contribution in [2.24, 2.45) is 0 Å². The van der Waals surface area contributed by atoms with E-state index in [1.54, 1.807) is 20.8 Å². The lowest BCUT2D eigenvalue weighted by atomic mass is 9.97. The van der Waals surface area contributed by atoms with Gasteiger partial charge < -0.3 is 9.84 Å². The molecule has 1 amide bonds. The van der Waals surface area contributed by atoms with E-state index in [1.165, 1.54) is 13.1 Å². The van der Waals surface area contributed by atoms with E-state index < -0.39 is 28.9 Å². The maximum Gasteiger partial charge on any atom is 0.426 e. The number of nitrogens with one attached hydrogen (secondary N) is 1. The van der Waals surface area contributed by atoms with Crippen LogP contribution in [0.25, 0.3) is 11.1 Å². The summed E-state index contributed by atoms with van der Waals surface area (Å²) >= 11 is 0. The molecule has 0 aromatic carbocycles. The summed E-state index contributed by atoms with van der Waals surface area (Å²) in [7, 11) is 0. The largest absolute Gasteiger partial charge is 0.478 e. The Morgan fingerprint density at radius 2 is 1.88 bits per heavy atom. The molecular weight excluding hydrogens is 319 g/mol. The SMILES string of the molecule is Cc1c(C(=O)O)c2cc(=O)cc(F)c-2cn1NC(=O)OC(C)(C)C. The second-order valence-corrected chi connectivity index (χ2v) is 6.24. The van der Waals surface area contributed by atoms with Crippen molar-refractivity contribution in [3.8, 4) is 11.1 Å². The van der Waals surface area contributed by atoms with E-state index in [0.29, 0.717) is 0 Å². The molecule has 2 rings (SSSR count). The number of ether oxygens (including phenoxy) is 1. The number of hydrogen-bond acceptors (Lipinski definition) is 4. The molecule has 8 heteroatoms. The number of rotatable bonds is 2. The monoisotopic (exact) mass is 336 g/mol. The van der Waals surface area contributed by atoms with Gasteiger partial charge in [-0.3, -0.25) is 9.47 Å². The molecule has 7 nitrogen and oxygen atoms in total. The van der Waals surface area contributed by atoms with Crippen molar-refractivity contribution in [1.82, 2.24) is 4.68 Å². The summed E-state index contributed by atoms with van der Waals surface area (Å²) in [5, 5.41) is 9.41. The molecule has 0 saturated heterocycles. The van der Waals surface area contributed by atoms with E-state index >= 15 is 0 Å². The fourth-order valence-corrected chi connectivity index (χ4v) is 2.26. The highest BCUT2D eigenvalue weighted by atomic mass is 19.1. The molecule has 0 aromatic rings. The Kier molecular flexibility index (Phi) is 4.33. The van der Waals surface area contributed by atoms with Gasteiger partial charge in [0.1, 0.15) is 11.4 Å². The second-order valence-electron chi connectivity index (χ2n) is 6.24. The number of fused-ring (bicyclic) bond motifs is 1. The zero-order valence-corrected chi connectivity index (χ0v) is 13.6. The summed E-state index contributed by atoms with van der Waals surface area (Å²) in [5.41, 5.74) is 0.649. The van der Waals surface area contributed by atoms with Crippen LogP contribution in [0.1, 0.15) is 36.8 Å². The Morgan fingerprint density at radius 1 is 1.25 bits per heavy atom. The summed E-state index contributed by atoms with van der Waals surface area (Å²) < 4.78 is 20.2. The predicted molar refractivity (Wildman–Crippen MR) is 84.6 cm³/mol. The van der Waals surface area contributed by atoms with E-state index in [2.05, 4.69) is 5.43 Å². The van der Waals surface area contributed by atoms with Crippen LogP contribution in [0.3, 0.4) is 0 Å². The first-order valence-corrected chi connectivity index (χ1v) is 7.08. The molecule has 0 unspecified atom stereocenters. The van der Waals surface area contributed by atoms with Gasteiger partial charge in [-0.05, 0) is 33.8 Å². The van der Waals surface area contributed by atoms with Gasteiger partial charge in [-0.1, -0.05) is 0 Å². The molecule has 0 spiro atoms. The normalized spacial score (nSPS) is 11.4. The molecule has 1 heterocycles. The molecule has 0 saturated carbocycles. The highest BCUT2D eigenvalue weighted by Gasteiger charge is 2.24. The number of carbonyl (C=O) groups is 2. The van der Waals surface area contributed by atoms with Crippen molar-refractivity contribution < 1.29 is 23.8 Å². The lowest BCUT2D eigenvalue weighted by molar-refractivity contribution is 0.0608. The highest BCUT2D eigenvalue weighted by Crippen LogP contribution is 2.29. The predicted octanol–water partition coefficient (Wildman–Crippen LogP) is 2.58. The number of hydrogen-bond donors (Lipinski definition) is 2. The van der Waals surface area contributed by atoms with Crippen molar-refractivity contribution in [3.63, 3.8) is 0 Å². The highest BCUT2D eigenvalue weighted by molar-refractivity contribution is 5.97. The number of benzene rings is 1. The van der Waals surface area contributed by atoms with Gasteiger partial charge in [0.15, 0.2) is 5.43 Å². The maximum absolute atomic E-state index is 14.1. The molecule has 0 atom stereocenters. The summed E-state index contributed by atoms with van der Waals surface area (Å²) in [6.07, 6.45) is 0.377. The Balaban J connectivity index is 2.62. The van der Waals surface area contributed by atoms with Gasteiger partial charge in [0.05, 0.1) is 11.3 Å². The van der Waals surface area contributed by atoms with Gasteiger partial charge in [0, 0.05) is 23.4 Å². The number of amides is 1. The van der Waals surface area contributed by atoms with E-state index in [9.17, 15) is 23.9 Å². The first-order valence-electron chi connectivity index (χ1n) is 7.08. The van der Waals surface area contributed by atoms with Gasteiger partial charge in [0.25, 0.3) is 0 Å². The zero-order valence-electron chi connectivity index (χ0n) is 13.6. The average molecular weight is 336 g/mol. The van der Waals surface area contributed by atoms with Crippen molar-refractivity contribution in [1.29, 1.82) is 0 Å². The standard InChI is InChI=1S/C16H17FN2O5/c1-8-13(14(21)22)10-5-9(20)6-12(17)11(10)7-19(8)18-15(23)24-16(2,3)4/h5-7H,1-4H3,(H,18,23)(H,21,22). The lowest BCUT2D eigenvalue weighted by Gasteiger charge is -2.23. The van der Waals surface area contributed by atoms with Crippen LogP contribution in [0.15, 0.2) is 23.1 Å². The minimum absolute atomic E-state index is 0.0350. The van der Waals surface area contributed by atoms with Crippen LogP contribution in [0.2, 0.25) is 0 Å². The number of nitrogens with zero attached hydrogens (tertiary/aromatic N) is 1. The number of carboxylic acid groups (broad SMARTS) is 1. The van der Waals surface area contributed by atoms with E-state index in [0.717, 1.165) is 16.8 Å². The Morgan fingerprint density at radius 3 is 2.42 bits per heavy atom. The lowest BCUT2D eigenvalue weighted by Crippen LogP contribution is -2.33. The van der Waals surface area contributed by atoms with Crippen molar-refractivity contribution in [3.05, 3.63) is 45.6 Å². The molecule has 24 heavy (non-hydrogen) atoms. The number of aromatic carboxylic acids is 1. The van der Waals surface area contributed by atoms with Crippen molar-refractivity contribution in [2.75, 3.05) is 5.43 Å². The molecule has 0 radical (unpaired) electrons. The van der Waals surface area contributed by atoms with Crippen molar-refractivity contribution >= 4 is 12.1 Å². The van der Waals surface area contributed by atoms with Gasteiger partial charge in [-0.15, -0.1) is 0 Å². The number of pyridine rings is 1. The molecule has 128 valence electrons. The number of halogens is 1. The zero-order chi connectivity index (χ0) is 18.2. The molecule has 2 aliphatic rings. The quantitative estimate of drug-likeness (QED) is 0.878. The molecule has 0 bridgehead atoms. The third kappa shape index (κ3) is 3.53. The number of aromatic nitrogens is 1.